The zero-order valence-corrected chi connectivity index (χ0v) is 9.76. The highest BCUT2D eigenvalue weighted by atomic mass is 79.9. The molecule has 1 aromatic rings. The second-order valence-corrected chi connectivity index (χ2v) is 4.52. The Morgan fingerprint density at radius 1 is 1.47 bits per heavy atom. The van der Waals surface area contributed by atoms with E-state index < -0.39 is 0 Å². The first kappa shape index (κ1) is 10.6. The molecule has 80 valence electrons. The molecule has 1 saturated heterocycles. The Kier molecular flexibility index (Phi) is 3.05. The van der Waals surface area contributed by atoms with E-state index in [-0.39, 0.29) is 11.7 Å². The maximum atomic E-state index is 13.0. The van der Waals surface area contributed by atoms with Gasteiger partial charge in [-0.25, -0.2) is 4.39 Å². The maximum Gasteiger partial charge on any atom is 0.222 e. The maximum absolute atomic E-state index is 13.0. The molecule has 1 heterocycles. The van der Waals surface area contributed by atoms with Crippen LogP contribution in [0.1, 0.15) is 18.4 Å². The first-order valence-electron chi connectivity index (χ1n) is 4.88. The summed E-state index contributed by atoms with van der Waals surface area (Å²) >= 11 is 3.13. The fraction of sp³-hybridized carbons (Fsp3) is 0.364. The van der Waals surface area contributed by atoms with Crippen LogP contribution in [0.5, 0.6) is 0 Å². The van der Waals surface area contributed by atoms with Gasteiger partial charge < -0.3 is 4.90 Å². The highest BCUT2D eigenvalue weighted by molar-refractivity contribution is 9.10. The number of benzene rings is 1. The monoisotopic (exact) mass is 271 g/mol. The minimum atomic E-state index is -0.272. The lowest BCUT2D eigenvalue weighted by Crippen LogP contribution is -2.23. The first-order chi connectivity index (χ1) is 7.16. The lowest BCUT2D eigenvalue weighted by atomic mass is 10.2. The molecule has 0 unspecified atom stereocenters. The van der Waals surface area contributed by atoms with Crippen molar-refractivity contribution in [3.05, 3.63) is 34.1 Å². The van der Waals surface area contributed by atoms with Crippen LogP contribution < -0.4 is 0 Å². The van der Waals surface area contributed by atoms with Crippen molar-refractivity contribution < 1.29 is 9.18 Å². The van der Waals surface area contributed by atoms with E-state index in [0.29, 0.717) is 17.4 Å². The molecule has 1 aliphatic rings. The Morgan fingerprint density at radius 2 is 2.27 bits per heavy atom. The normalized spacial score (nSPS) is 16.1. The molecule has 0 spiro atoms. The molecule has 1 aromatic carbocycles. The number of carbonyl (C=O) groups is 1. The molecule has 2 rings (SSSR count). The SMILES string of the molecule is O=C1CCCN1Cc1ccc(F)c(Br)c1. The van der Waals surface area contributed by atoms with Crippen LogP contribution in [-0.4, -0.2) is 17.4 Å². The largest absolute Gasteiger partial charge is 0.338 e. The molecule has 1 fully saturated rings. The summed E-state index contributed by atoms with van der Waals surface area (Å²) in [6.45, 7) is 1.39. The van der Waals surface area contributed by atoms with Gasteiger partial charge in [-0.3, -0.25) is 4.79 Å². The molecule has 0 radical (unpaired) electrons. The summed E-state index contributed by atoms with van der Waals surface area (Å²) in [5.74, 6) is -0.0815. The van der Waals surface area contributed by atoms with Crippen molar-refractivity contribution in [2.75, 3.05) is 6.54 Å². The van der Waals surface area contributed by atoms with Crippen LogP contribution in [-0.2, 0) is 11.3 Å². The Morgan fingerprint density at radius 3 is 2.87 bits per heavy atom. The van der Waals surface area contributed by atoms with E-state index >= 15 is 0 Å². The molecular formula is C11H11BrFNO. The Labute approximate surface area is 96.2 Å². The summed E-state index contributed by atoms with van der Waals surface area (Å²) in [5, 5.41) is 0. The van der Waals surface area contributed by atoms with Crippen molar-refractivity contribution >= 4 is 21.8 Å². The van der Waals surface area contributed by atoms with E-state index in [2.05, 4.69) is 15.9 Å². The van der Waals surface area contributed by atoms with Gasteiger partial charge in [0, 0.05) is 19.5 Å². The average molecular weight is 272 g/mol. The third-order valence-electron chi connectivity index (χ3n) is 2.53. The van der Waals surface area contributed by atoms with Gasteiger partial charge in [0.25, 0.3) is 0 Å². The molecule has 1 amide bonds. The molecule has 4 heteroatoms. The second kappa shape index (κ2) is 4.31. The van der Waals surface area contributed by atoms with E-state index in [1.54, 1.807) is 17.0 Å². The summed E-state index contributed by atoms with van der Waals surface area (Å²) in [6, 6.07) is 4.85. The van der Waals surface area contributed by atoms with Crippen molar-refractivity contribution in [2.24, 2.45) is 0 Å². The van der Waals surface area contributed by atoms with E-state index in [1.807, 2.05) is 0 Å². The lowest BCUT2D eigenvalue weighted by Gasteiger charge is -2.15. The first-order valence-corrected chi connectivity index (χ1v) is 5.68. The average Bonchev–Trinajstić information content (AvgIpc) is 2.59. The van der Waals surface area contributed by atoms with Crippen LogP contribution in [0.25, 0.3) is 0 Å². The third-order valence-corrected chi connectivity index (χ3v) is 3.14. The van der Waals surface area contributed by atoms with Crippen molar-refractivity contribution in [1.82, 2.24) is 4.90 Å². The third kappa shape index (κ3) is 2.37. The summed E-state index contributed by atoms with van der Waals surface area (Å²) < 4.78 is 13.4. The van der Waals surface area contributed by atoms with Crippen molar-refractivity contribution in [3.63, 3.8) is 0 Å². The van der Waals surface area contributed by atoms with Crippen molar-refractivity contribution in [1.29, 1.82) is 0 Å². The number of hydrogen-bond acceptors (Lipinski definition) is 1. The van der Waals surface area contributed by atoms with Gasteiger partial charge in [-0.15, -0.1) is 0 Å². The van der Waals surface area contributed by atoms with Crippen molar-refractivity contribution in [3.8, 4) is 0 Å². The highest BCUT2D eigenvalue weighted by Gasteiger charge is 2.20. The summed E-state index contributed by atoms with van der Waals surface area (Å²) in [4.78, 5) is 13.2. The molecule has 0 saturated carbocycles. The molecule has 0 aromatic heterocycles. The Bertz CT molecular complexity index is 394. The van der Waals surface area contributed by atoms with Crippen LogP contribution in [0.3, 0.4) is 0 Å². The van der Waals surface area contributed by atoms with E-state index in [0.717, 1.165) is 18.5 Å². The van der Waals surface area contributed by atoms with E-state index in [1.165, 1.54) is 6.07 Å². The lowest BCUT2D eigenvalue weighted by molar-refractivity contribution is -0.128. The van der Waals surface area contributed by atoms with Gasteiger partial charge >= 0.3 is 0 Å². The number of likely N-dealkylation sites (tertiary alicyclic amines) is 1. The van der Waals surface area contributed by atoms with Gasteiger partial charge in [0.05, 0.1) is 4.47 Å². The number of carbonyl (C=O) groups excluding carboxylic acids is 1. The van der Waals surface area contributed by atoms with Crippen LogP contribution in [0, 0.1) is 5.82 Å². The van der Waals surface area contributed by atoms with Gasteiger partial charge in [-0.2, -0.15) is 0 Å². The highest BCUT2D eigenvalue weighted by Crippen LogP contribution is 2.19. The molecule has 0 N–H and O–H groups in total. The van der Waals surface area contributed by atoms with E-state index in [9.17, 15) is 9.18 Å². The topological polar surface area (TPSA) is 20.3 Å². The Hall–Kier alpha value is -0.900. The predicted molar refractivity (Wildman–Crippen MR) is 58.8 cm³/mol. The fourth-order valence-corrected chi connectivity index (χ4v) is 2.16. The quantitative estimate of drug-likeness (QED) is 0.810. The van der Waals surface area contributed by atoms with Gasteiger partial charge in [-0.05, 0) is 40.0 Å². The van der Waals surface area contributed by atoms with Crippen LogP contribution in [0.15, 0.2) is 22.7 Å². The zero-order chi connectivity index (χ0) is 10.8. The van der Waals surface area contributed by atoms with Gasteiger partial charge in [-0.1, -0.05) is 6.07 Å². The molecule has 0 aliphatic carbocycles. The minimum absolute atomic E-state index is 0.190. The van der Waals surface area contributed by atoms with Crippen LogP contribution in [0.2, 0.25) is 0 Å². The summed E-state index contributed by atoms with van der Waals surface area (Å²) in [5.41, 5.74) is 0.957. The standard InChI is InChI=1S/C11H11BrFNO/c12-9-6-8(3-4-10(9)13)7-14-5-1-2-11(14)15/h3-4,6H,1-2,5,7H2. The van der Waals surface area contributed by atoms with Crippen LogP contribution >= 0.6 is 15.9 Å². The summed E-state index contributed by atoms with van der Waals surface area (Å²) in [6.07, 6.45) is 1.57. The molecule has 0 bridgehead atoms. The number of halogens is 2. The number of rotatable bonds is 2. The zero-order valence-electron chi connectivity index (χ0n) is 8.17. The molecule has 2 nitrogen and oxygen atoms in total. The number of hydrogen-bond donors (Lipinski definition) is 0. The smallest absolute Gasteiger partial charge is 0.222 e. The number of amides is 1. The predicted octanol–water partition coefficient (Wildman–Crippen LogP) is 2.71. The fourth-order valence-electron chi connectivity index (χ4n) is 1.73. The van der Waals surface area contributed by atoms with Gasteiger partial charge in [0.2, 0.25) is 5.91 Å². The van der Waals surface area contributed by atoms with Crippen molar-refractivity contribution in [2.45, 2.75) is 19.4 Å². The van der Waals surface area contributed by atoms with Crippen LogP contribution in [0.4, 0.5) is 4.39 Å². The van der Waals surface area contributed by atoms with Gasteiger partial charge in [0.1, 0.15) is 5.82 Å². The second-order valence-electron chi connectivity index (χ2n) is 3.67. The Balaban J connectivity index is 2.10. The molecule has 1 aliphatic heterocycles. The molecule has 0 atom stereocenters. The minimum Gasteiger partial charge on any atom is -0.338 e. The van der Waals surface area contributed by atoms with E-state index in [4.69, 9.17) is 0 Å². The molecule has 15 heavy (non-hydrogen) atoms. The summed E-state index contributed by atoms with van der Waals surface area (Å²) in [7, 11) is 0. The number of nitrogens with zero attached hydrogens (tertiary/aromatic N) is 1. The van der Waals surface area contributed by atoms with Gasteiger partial charge in [0.15, 0.2) is 0 Å². The molecular weight excluding hydrogens is 261 g/mol.